The maximum atomic E-state index is 12.3. The maximum absolute atomic E-state index is 12.3. The Balaban J connectivity index is 1.64. The molecule has 1 aromatic carbocycles. The predicted molar refractivity (Wildman–Crippen MR) is 110 cm³/mol. The van der Waals surface area contributed by atoms with Gasteiger partial charge in [-0.25, -0.2) is 0 Å². The van der Waals surface area contributed by atoms with Crippen LogP contribution in [0.2, 0.25) is 0 Å². The minimum Gasteiger partial charge on any atom is -0.361 e. The zero-order chi connectivity index (χ0) is 19.2. The van der Waals surface area contributed by atoms with E-state index < -0.39 is 0 Å². The van der Waals surface area contributed by atoms with Gasteiger partial charge in [-0.3, -0.25) is 9.59 Å². The van der Waals surface area contributed by atoms with Gasteiger partial charge in [0, 0.05) is 23.3 Å². The molecule has 2 aromatic rings. The van der Waals surface area contributed by atoms with Crippen LogP contribution in [-0.2, 0) is 16.0 Å². The Morgan fingerprint density at radius 2 is 2.07 bits per heavy atom. The van der Waals surface area contributed by atoms with E-state index in [4.69, 9.17) is 0 Å². The van der Waals surface area contributed by atoms with Gasteiger partial charge < -0.3 is 20.5 Å². The summed E-state index contributed by atoms with van der Waals surface area (Å²) in [6.45, 7) is 1.60. The summed E-state index contributed by atoms with van der Waals surface area (Å²) in [4.78, 5) is 31.4. The number of thioether (sulfide) groups is 1. The molecule has 0 radical (unpaired) electrons. The van der Waals surface area contributed by atoms with Crippen LogP contribution in [-0.4, -0.2) is 48.9 Å². The van der Waals surface area contributed by atoms with Crippen molar-refractivity contribution in [2.75, 3.05) is 32.5 Å². The lowest BCUT2D eigenvalue weighted by molar-refractivity contribution is -0.120. The van der Waals surface area contributed by atoms with Crippen LogP contribution >= 0.6 is 11.8 Å². The van der Waals surface area contributed by atoms with E-state index in [0.29, 0.717) is 11.4 Å². The zero-order valence-electron chi connectivity index (χ0n) is 15.5. The van der Waals surface area contributed by atoms with Gasteiger partial charge in [0.1, 0.15) is 0 Å². The number of aromatic amines is 1. The van der Waals surface area contributed by atoms with Crippen molar-refractivity contribution in [2.24, 2.45) is 0 Å². The number of aromatic nitrogens is 1. The molecule has 27 heavy (non-hydrogen) atoms. The van der Waals surface area contributed by atoms with Crippen molar-refractivity contribution < 1.29 is 9.59 Å². The number of carbonyl (C=O) groups excluding carboxylic acids is 2. The van der Waals surface area contributed by atoms with Gasteiger partial charge in [-0.1, -0.05) is 23.9 Å². The van der Waals surface area contributed by atoms with Gasteiger partial charge >= 0.3 is 0 Å². The quantitative estimate of drug-likeness (QED) is 0.507. The monoisotopic (exact) mass is 384 g/mol. The number of H-pyrrole nitrogens is 1. The van der Waals surface area contributed by atoms with Crippen molar-refractivity contribution in [3.05, 3.63) is 52.7 Å². The number of rotatable bonds is 7. The molecule has 2 amide bonds. The number of carbonyl (C=O) groups is 2. The highest BCUT2D eigenvalue weighted by Crippen LogP contribution is 2.38. The average Bonchev–Trinajstić information content (AvgIpc) is 3.06. The highest BCUT2D eigenvalue weighted by molar-refractivity contribution is 8.04. The van der Waals surface area contributed by atoms with E-state index >= 15 is 0 Å². The minimum atomic E-state index is -0.132. The molecular weight excluding hydrogens is 360 g/mol. The van der Waals surface area contributed by atoms with Crippen LogP contribution in [0.4, 0.5) is 5.69 Å². The van der Waals surface area contributed by atoms with E-state index in [2.05, 4.69) is 20.5 Å². The van der Waals surface area contributed by atoms with Gasteiger partial charge in [0.25, 0.3) is 5.91 Å². The third-order valence-electron chi connectivity index (χ3n) is 4.18. The third kappa shape index (κ3) is 5.24. The Morgan fingerprint density at radius 3 is 2.89 bits per heavy atom. The van der Waals surface area contributed by atoms with Crippen molar-refractivity contribution >= 4 is 35.3 Å². The van der Waals surface area contributed by atoms with Crippen LogP contribution in [0.1, 0.15) is 17.7 Å². The van der Waals surface area contributed by atoms with E-state index in [1.807, 2.05) is 50.5 Å². The lowest BCUT2D eigenvalue weighted by atomic mass is 10.1. The lowest BCUT2D eigenvalue weighted by Gasteiger charge is -2.18. The smallest absolute Gasteiger partial charge is 0.262 e. The first-order valence-electron chi connectivity index (χ1n) is 8.90. The molecule has 0 bridgehead atoms. The number of nitrogens with zero attached hydrogens (tertiary/aromatic N) is 1. The number of nitrogens with one attached hydrogen (secondary N) is 3. The van der Waals surface area contributed by atoms with Gasteiger partial charge in [0.05, 0.1) is 17.0 Å². The van der Waals surface area contributed by atoms with Crippen LogP contribution in [0.15, 0.2) is 46.3 Å². The van der Waals surface area contributed by atoms with Gasteiger partial charge in [0.15, 0.2) is 0 Å². The largest absolute Gasteiger partial charge is 0.361 e. The summed E-state index contributed by atoms with van der Waals surface area (Å²) >= 11 is 1.43. The number of amides is 2. The molecule has 1 aliphatic heterocycles. The molecule has 0 saturated heterocycles. The second kappa shape index (κ2) is 8.92. The molecule has 0 spiro atoms. The third-order valence-corrected chi connectivity index (χ3v) is 5.28. The Kier molecular flexibility index (Phi) is 6.36. The van der Waals surface area contributed by atoms with Crippen molar-refractivity contribution in [1.82, 2.24) is 15.2 Å². The Labute approximate surface area is 163 Å². The molecule has 0 atom stereocenters. The molecule has 0 fully saturated rings. The van der Waals surface area contributed by atoms with Crippen molar-refractivity contribution in [2.45, 2.75) is 17.7 Å². The molecule has 0 aliphatic carbocycles. The highest BCUT2D eigenvalue weighted by Gasteiger charge is 2.21. The molecule has 1 aliphatic rings. The van der Waals surface area contributed by atoms with E-state index in [9.17, 15) is 9.59 Å². The normalized spacial score (nSPS) is 14.9. The molecule has 6 nitrogen and oxygen atoms in total. The fourth-order valence-electron chi connectivity index (χ4n) is 2.80. The summed E-state index contributed by atoms with van der Waals surface area (Å²) in [6.07, 6.45) is 4.80. The molecule has 7 heteroatoms. The van der Waals surface area contributed by atoms with Gasteiger partial charge in [0.2, 0.25) is 5.91 Å². The number of benzene rings is 1. The first-order valence-corrected chi connectivity index (χ1v) is 9.72. The minimum absolute atomic E-state index is 0.0147. The second-order valence-electron chi connectivity index (χ2n) is 6.66. The van der Waals surface area contributed by atoms with Gasteiger partial charge in [-0.15, -0.1) is 0 Å². The van der Waals surface area contributed by atoms with Crippen LogP contribution in [0, 0.1) is 0 Å². The fraction of sp³-hybridized carbons (Fsp3) is 0.300. The molecule has 1 aromatic heterocycles. The number of hydrogen-bond donors (Lipinski definition) is 3. The molecule has 0 unspecified atom stereocenters. The van der Waals surface area contributed by atoms with E-state index in [1.165, 1.54) is 11.8 Å². The van der Waals surface area contributed by atoms with Crippen molar-refractivity contribution in [1.29, 1.82) is 0 Å². The molecule has 3 N–H and O–H groups in total. The van der Waals surface area contributed by atoms with Crippen LogP contribution in [0.3, 0.4) is 0 Å². The van der Waals surface area contributed by atoms with E-state index in [-0.39, 0.29) is 18.2 Å². The summed E-state index contributed by atoms with van der Waals surface area (Å²) in [7, 11) is 4.03. The zero-order valence-corrected chi connectivity index (χ0v) is 16.4. The second-order valence-corrected chi connectivity index (χ2v) is 7.74. The topological polar surface area (TPSA) is 77.2 Å². The molecule has 3 rings (SSSR count). The molecule has 2 heterocycles. The molecular formula is C20H24N4O2S. The fourth-order valence-corrected chi connectivity index (χ4v) is 3.73. The molecule has 142 valence electrons. The van der Waals surface area contributed by atoms with Crippen molar-refractivity contribution in [3.8, 4) is 0 Å². The van der Waals surface area contributed by atoms with Crippen LogP contribution in [0.5, 0.6) is 0 Å². The Bertz CT molecular complexity index is 857. The Morgan fingerprint density at radius 1 is 1.26 bits per heavy atom. The standard InChI is InChI=1S/C20H24N4O2S/c1-24(2)11-5-9-22-19(25)12-14-8-10-21-16(14)13-18-20(26)23-15-6-3-4-7-17(15)27-18/h3-4,6-8,10,13,21H,5,9,11-12H2,1-2H3,(H,22,25)(H,23,26). The van der Waals surface area contributed by atoms with Crippen LogP contribution in [0.25, 0.3) is 6.08 Å². The van der Waals surface area contributed by atoms with E-state index in [0.717, 1.165) is 34.8 Å². The summed E-state index contributed by atoms with van der Waals surface area (Å²) in [5, 5.41) is 5.85. The highest BCUT2D eigenvalue weighted by atomic mass is 32.2. The number of anilines is 1. The van der Waals surface area contributed by atoms with Crippen LogP contribution < -0.4 is 10.6 Å². The maximum Gasteiger partial charge on any atom is 0.262 e. The molecule has 0 saturated carbocycles. The van der Waals surface area contributed by atoms with Gasteiger partial charge in [-0.05, 0) is 56.9 Å². The lowest BCUT2D eigenvalue weighted by Crippen LogP contribution is -2.28. The average molecular weight is 385 g/mol. The number of para-hydroxylation sites is 1. The summed E-state index contributed by atoms with van der Waals surface area (Å²) in [6, 6.07) is 9.59. The predicted octanol–water partition coefficient (Wildman–Crippen LogP) is 2.71. The number of hydrogen-bond acceptors (Lipinski definition) is 4. The SMILES string of the molecule is CN(C)CCCNC(=O)Cc1cc[nH]c1C=C1Sc2ccccc2NC1=O. The van der Waals surface area contributed by atoms with Crippen molar-refractivity contribution in [3.63, 3.8) is 0 Å². The number of fused-ring (bicyclic) bond motifs is 1. The summed E-state index contributed by atoms with van der Waals surface area (Å²) < 4.78 is 0. The Hall–Kier alpha value is -2.51. The summed E-state index contributed by atoms with van der Waals surface area (Å²) in [5.41, 5.74) is 2.49. The van der Waals surface area contributed by atoms with Gasteiger partial charge in [-0.2, -0.15) is 0 Å². The first kappa shape index (κ1) is 19.3. The summed E-state index contributed by atoms with van der Waals surface area (Å²) in [5.74, 6) is -0.147. The first-order chi connectivity index (χ1) is 13.0. The van der Waals surface area contributed by atoms with E-state index in [1.54, 1.807) is 6.20 Å².